The van der Waals surface area contributed by atoms with Crippen LogP contribution in [0.2, 0.25) is 5.02 Å². The fourth-order valence-electron chi connectivity index (χ4n) is 1.92. The summed E-state index contributed by atoms with van der Waals surface area (Å²) in [4.78, 5) is 24.2. The number of halogens is 1. The van der Waals surface area contributed by atoms with Crippen molar-refractivity contribution in [3.05, 3.63) is 53.6 Å². The molecular formula is C14H10ClN5O. The number of nitrogens with one attached hydrogen (secondary N) is 1. The van der Waals surface area contributed by atoms with Gasteiger partial charge >= 0.3 is 0 Å². The number of pyridine rings is 1. The van der Waals surface area contributed by atoms with Crippen molar-refractivity contribution in [1.82, 2.24) is 15.0 Å². The highest BCUT2D eigenvalue weighted by Gasteiger charge is 2.12. The van der Waals surface area contributed by atoms with Gasteiger partial charge in [0.2, 0.25) is 0 Å². The van der Waals surface area contributed by atoms with Crippen molar-refractivity contribution in [3.8, 4) is 0 Å². The Morgan fingerprint density at radius 2 is 2.10 bits per heavy atom. The van der Waals surface area contributed by atoms with Crippen LogP contribution in [0.15, 0.2) is 42.9 Å². The fraction of sp³-hybridized carbons (Fsp3) is 0. The minimum Gasteiger partial charge on any atom is -0.382 e. The predicted molar refractivity (Wildman–Crippen MR) is 81.2 cm³/mol. The van der Waals surface area contributed by atoms with Gasteiger partial charge in [-0.3, -0.25) is 14.8 Å². The van der Waals surface area contributed by atoms with Gasteiger partial charge < -0.3 is 11.1 Å². The van der Waals surface area contributed by atoms with E-state index in [0.29, 0.717) is 16.2 Å². The topological polar surface area (TPSA) is 93.8 Å². The number of aromatic nitrogens is 3. The first-order chi connectivity index (χ1) is 10.1. The van der Waals surface area contributed by atoms with Gasteiger partial charge in [-0.1, -0.05) is 11.6 Å². The molecule has 1 aromatic carbocycles. The van der Waals surface area contributed by atoms with Crippen LogP contribution in [0.25, 0.3) is 10.9 Å². The van der Waals surface area contributed by atoms with Crippen molar-refractivity contribution in [2.75, 3.05) is 11.1 Å². The van der Waals surface area contributed by atoms with E-state index in [4.69, 9.17) is 17.3 Å². The summed E-state index contributed by atoms with van der Waals surface area (Å²) >= 11 is 6.11. The number of anilines is 2. The van der Waals surface area contributed by atoms with E-state index in [1.165, 1.54) is 12.4 Å². The van der Waals surface area contributed by atoms with Gasteiger partial charge in [-0.2, -0.15) is 0 Å². The summed E-state index contributed by atoms with van der Waals surface area (Å²) in [6.07, 6.45) is 4.35. The van der Waals surface area contributed by atoms with Crippen LogP contribution in [0.5, 0.6) is 0 Å². The van der Waals surface area contributed by atoms with Gasteiger partial charge in [0, 0.05) is 11.6 Å². The quantitative estimate of drug-likeness (QED) is 0.758. The number of nitrogens with zero attached hydrogens (tertiary/aromatic N) is 3. The number of carbonyl (C=O) groups excluding carboxylic acids is 1. The van der Waals surface area contributed by atoms with Gasteiger partial charge in [-0.15, -0.1) is 0 Å². The highest BCUT2D eigenvalue weighted by atomic mass is 35.5. The number of nitrogen functional groups attached to an aromatic ring is 1. The summed E-state index contributed by atoms with van der Waals surface area (Å²) in [5.74, 6) is -0.231. The zero-order valence-electron chi connectivity index (χ0n) is 10.7. The monoisotopic (exact) mass is 299 g/mol. The number of nitrogens with two attached hydrogens (primary N) is 1. The van der Waals surface area contributed by atoms with Crippen LogP contribution >= 0.6 is 11.6 Å². The molecule has 3 N–H and O–H groups in total. The number of benzene rings is 1. The standard InChI is InChI=1S/C14H10ClN5O/c15-9-3-4-10(13-8(9)2-1-5-18-13)20-14(21)11-6-17-7-12(16)19-11/h1-7H,(H2,16,19)(H,20,21). The van der Waals surface area contributed by atoms with Crippen LogP contribution < -0.4 is 11.1 Å². The van der Waals surface area contributed by atoms with Gasteiger partial charge in [-0.05, 0) is 24.3 Å². The van der Waals surface area contributed by atoms with Crippen LogP contribution in [0.3, 0.4) is 0 Å². The molecule has 0 spiro atoms. The summed E-state index contributed by atoms with van der Waals surface area (Å²) in [7, 11) is 0. The second-order valence-corrected chi connectivity index (χ2v) is 4.69. The van der Waals surface area contributed by atoms with E-state index in [9.17, 15) is 4.79 Å². The van der Waals surface area contributed by atoms with Crippen molar-refractivity contribution in [2.24, 2.45) is 0 Å². The van der Waals surface area contributed by atoms with Gasteiger partial charge in [0.1, 0.15) is 11.5 Å². The maximum atomic E-state index is 12.2. The average Bonchev–Trinajstić information content (AvgIpc) is 2.50. The van der Waals surface area contributed by atoms with Gasteiger partial charge in [0.05, 0.1) is 28.6 Å². The second kappa shape index (κ2) is 5.34. The van der Waals surface area contributed by atoms with Crippen molar-refractivity contribution in [1.29, 1.82) is 0 Å². The Bertz CT molecular complexity index is 836. The van der Waals surface area contributed by atoms with Gasteiger partial charge in [-0.25, -0.2) is 4.98 Å². The average molecular weight is 300 g/mol. The lowest BCUT2D eigenvalue weighted by atomic mass is 10.2. The molecule has 0 aliphatic rings. The van der Waals surface area contributed by atoms with Crippen molar-refractivity contribution in [3.63, 3.8) is 0 Å². The zero-order chi connectivity index (χ0) is 14.8. The molecule has 0 aliphatic carbocycles. The van der Waals surface area contributed by atoms with E-state index < -0.39 is 5.91 Å². The molecule has 0 saturated carbocycles. The minimum atomic E-state index is -0.413. The molecule has 0 saturated heterocycles. The molecule has 2 aromatic heterocycles. The molecule has 0 atom stereocenters. The molecule has 3 rings (SSSR count). The molecule has 7 heteroatoms. The highest BCUT2D eigenvalue weighted by molar-refractivity contribution is 6.36. The maximum absolute atomic E-state index is 12.2. The SMILES string of the molecule is Nc1cncc(C(=O)Nc2ccc(Cl)c3cccnc23)n1. The van der Waals surface area contributed by atoms with Crippen LogP contribution in [-0.4, -0.2) is 20.9 Å². The van der Waals surface area contributed by atoms with Crippen molar-refractivity contribution >= 4 is 39.9 Å². The van der Waals surface area contributed by atoms with Crippen LogP contribution in [0, 0.1) is 0 Å². The van der Waals surface area contributed by atoms with Gasteiger partial charge in [0.25, 0.3) is 5.91 Å². The number of rotatable bonds is 2. The third kappa shape index (κ3) is 2.61. The lowest BCUT2D eigenvalue weighted by Crippen LogP contribution is -2.15. The molecule has 6 nitrogen and oxygen atoms in total. The fourth-order valence-corrected chi connectivity index (χ4v) is 2.13. The molecular weight excluding hydrogens is 290 g/mol. The number of amides is 1. The van der Waals surface area contributed by atoms with Gasteiger partial charge in [0.15, 0.2) is 0 Å². The zero-order valence-corrected chi connectivity index (χ0v) is 11.5. The van der Waals surface area contributed by atoms with E-state index in [2.05, 4.69) is 20.3 Å². The largest absolute Gasteiger partial charge is 0.382 e. The van der Waals surface area contributed by atoms with Crippen LogP contribution in [0.4, 0.5) is 11.5 Å². The van der Waals surface area contributed by atoms with Crippen molar-refractivity contribution < 1.29 is 4.79 Å². The summed E-state index contributed by atoms with van der Waals surface area (Å²) in [5, 5.41) is 4.07. The molecule has 0 unspecified atom stereocenters. The first-order valence-electron chi connectivity index (χ1n) is 6.07. The Hall–Kier alpha value is -2.73. The maximum Gasteiger partial charge on any atom is 0.276 e. The second-order valence-electron chi connectivity index (χ2n) is 4.28. The Balaban J connectivity index is 1.99. The van der Waals surface area contributed by atoms with E-state index in [0.717, 1.165) is 5.39 Å². The molecule has 2 heterocycles. The Labute approximate surface area is 125 Å². The number of carbonyl (C=O) groups is 1. The predicted octanol–water partition coefficient (Wildman–Crippen LogP) is 2.51. The number of hydrogen-bond donors (Lipinski definition) is 2. The van der Waals surface area contributed by atoms with Crippen LogP contribution in [-0.2, 0) is 0 Å². The Morgan fingerprint density at radius 3 is 2.90 bits per heavy atom. The van der Waals surface area contributed by atoms with E-state index in [-0.39, 0.29) is 11.5 Å². The molecule has 1 amide bonds. The lowest BCUT2D eigenvalue weighted by molar-refractivity contribution is 0.102. The normalized spacial score (nSPS) is 10.5. The van der Waals surface area contributed by atoms with Crippen LogP contribution in [0.1, 0.15) is 10.5 Å². The summed E-state index contributed by atoms with van der Waals surface area (Å²) in [5.41, 5.74) is 6.80. The molecule has 0 radical (unpaired) electrons. The molecule has 104 valence electrons. The van der Waals surface area contributed by atoms with E-state index in [1.807, 2.05) is 6.07 Å². The molecule has 0 bridgehead atoms. The summed E-state index contributed by atoms with van der Waals surface area (Å²) in [6, 6.07) is 7.01. The Morgan fingerprint density at radius 1 is 1.24 bits per heavy atom. The molecule has 21 heavy (non-hydrogen) atoms. The highest BCUT2D eigenvalue weighted by Crippen LogP contribution is 2.28. The lowest BCUT2D eigenvalue weighted by Gasteiger charge is -2.08. The molecule has 3 aromatic rings. The first-order valence-corrected chi connectivity index (χ1v) is 6.45. The first kappa shape index (κ1) is 13.3. The van der Waals surface area contributed by atoms with Crippen molar-refractivity contribution in [2.45, 2.75) is 0 Å². The summed E-state index contributed by atoms with van der Waals surface area (Å²) in [6.45, 7) is 0. The minimum absolute atomic E-state index is 0.133. The Kier molecular flexibility index (Phi) is 3.37. The summed E-state index contributed by atoms with van der Waals surface area (Å²) < 4.78 is 0. The molecule has 0 fully saturated rings. The molecule has 0 aliphatic heterocycles. The van der Waals surface area contributed by atoms with E-state index in [1.54, 1.807) is 24.4 Å². The smallest absolute Gasteiger partial charge is 0.276 e. The number of fused-ring (bicyclic) bond motifs is 1. The third-order valence-electron chi connectivity index (χ3n) is 2.85. The third-order valence-corrected chi connectivity index (χ3v) is 3.18. The van der Waals surface area contributed by atoms with E-state index >= 15 is 0 Å². The number of hydrogen-bond acceptors (Lipinski definition) is 5.